The zero-order valence-corrected chi connectivity index (χ0v) is 10.9. The van der Waals surface area contributed by atoms with Crippen molar-refractivity contribution in [2.24, 2.45) is 5.92 Å². The van der Waals surface area contributed by atoms with Gasteiger partial charge in [-0.05, 0) is 43.5 Å². The van der Waals surface area contributed by atoms with E-state index < -0.39 is 0 Å². The Hall–Kier alpha value is -1.26. The Labute approximate surface area is 108 Å². The Morgan fingerprint density at radius 1 is 1.50 bits per heavy atom. The molecule has 2 rings (SSSR count). The first kappa shape index (κ1) is 13.2. The molecule has 1 fully saturated rings. The van der Waals surface area contributed by atoms with Gasteiger partial charge in [0.1, 0.15) is 5.75 Å². The maximum Gasteiger partial charge on any atom is 0.123 e. The third-order valence-corrected chi connectivity index (χ3v) is 3.61. The van der Waals surface area contributed by atoms with E-state index in [-0.39, 0.29) is 0 Å². The summed E-state index contributed by atoms with van der Waals surface area (Å²) in [5.41, 5.74) is 7.74. The molecule has 1 heterocycles. The number of ether oxygens (including phenoxy) is 1. The van der Waals surface area contributed by atoms with Crippen LogP contribution >= 0.6 is 0 Å². The summed E-state index contributed by atoms with van der Waals surface area (Å²) >= 11 is 0. The molecule has 0 aliphatic carbocycles. The Balaban J connectivity index is 1.99. The predicted octanol–water partition coefficient (Wildman–Crippen LogP) is 1.48. The summed E-state index contributed by atoms with van der Waals surface area (Å²) in [4.78, 5) is 2.40. The highest BCUT2D eigenvalue weighted by atomic mass is 16.5. The third-order valence-electron chi connectivity index (χ3n) is 3.61. The minimum atomic E-state index is 0.292. The molecule has 1 unspecified atom stereocenters. The molecule has 18 heavy (non-hydrogen) atoms. The van der Waals surface area contributed by atoms with Crippen LogP contribution in [-0.2, 0) is 6.54 Å². The molecule has 1 aliphatic rings. The van der Waals surface area contributed by atoms with Gasteiger partial charge in [0.25, 0.3) is 0 Å². The first-order chi connectivity index (χ1) is 8.72. The second kappa shape index (κ2) is 6.07. The van der Waals surface area contributed by atoms with Gasteiger partial charge in [-0.3, -0.25) is 4.90 Å². The SMILES string of the molecule is COc1ccc(N)cc1CN1CCC(CCO)C1. The highest BCUT2D eigenvalue weighted by Crippen LogP contribution is 2.26. The van der Waals surface area contributed by atoms with Crippen molar-refractivity contribution in [3.63, 3.8) is 0 Å². The molecular weight excluding hydrogens is 228 g/mol. The second-order valence-electron chi connectivity index (χ2n) is 4.97. The zero-order chi connectivity index (χ0) is 13.0. The van der Waals surface area contributed by atoms with Crippen molar-refractivity contribution in [3.8, 4) is 5.75 Å². The van der Waals surface area contributed by atoms with Gasteiger partial charge in [0, 0.05) is 30.9 Å². The van der Waals surface area contributed by atoms with E-state index in [9.17, 15) is 0 Å². The van der Waals surface area contributed by atoms with Crippen LogP contribution in [0.15, 0.2) is 18.2 Å². The molecule has 0 aromatic heterocycles. The lowest BCUT2D eigenvalue weighted by Gasteiger charge is -2.18. The summed E-state index contributed by atoms with van der Waals surface area (Å²) in [6.45, 7) is 3.30. The number of hydrogen-bond acceptors (Lipinski definition) is 4. The predicted molar refractivity (Wildman–Crippen MR) is 72.5 cm³/mol. The monoisotopic (exact) mass is 250 g/mol. The molecule has 100 valence electrons. The van der Waals surface area contributed by atoms with Crippen LogP contribution in [0.3, 0.4) is 0 Å². The van der Waals surface area contributed by atoms with E-state index in [1.165, 1.54) is 6.42 Å². The van der Waals surface area contributed by atoms with Crippen LogP contribution in [0.2, 0.25) is 0 Å². The fourth-order valence-corrected chi connectivity index (χ4v) is 2.64. The summed E-state index contributed by atoms with van der Waals surface area (Å²) < 4.78 is 5.36. The normalized spacial score (nSPS) is 20.2. The van der Waals surface area contributed by atoms with E-state index in [4.69, 9.17) is 15.6 Å². The zero-order valence-electron chi connectivity index (χ0n) is 10.9. The summed E-state index contributed by atoms with van der Waals surface area (Å²) in [5, 5.41) is 8.97. The number of nitrogen functional groups attached to an aromatic ring is 1. The van der Waals surface area contributed by atoms with Crippen molar-refractivity contribution < 1.29 is 9.84 Å². The number of nitrogens with zero attached hydrogens (tertiary/aromatic N) is 1. The Bertz CT molecular complexity index is 395. The lowest BCUT2D eigenvalue weighted by atomic mass is 10.1. The first-order valence-corrected chi connectivity index (χ1v) is 6.48. The van der Waals surface area contributed by atoms with E-state index in [1.807, 2.05) is 18.2 Å². The van der Waals surface area contributed by atoms with Gasteiger partial charge in [0.15, 0.2) is 0 Å². The number of hydrogen-bond donors (Lipinski definition) is 2. The van der Waals surface area contributed by atoms with E-state index in [1.54, 1.807) is 7.11 Å². The maximum absolute atomic E-state index is 8.97. The van der Waals surface area contributed by atoms with Crippen molar-refractivity contribution in [3.05, 3.63) is 23.8 Å². The minimum Gasteiger partial charge on any atom is -0.496 e. The lowest BCUT2D eigenvalue weighted by Crippen LogP contribution is -2.20. The van der Waals surface area contributed by atoms with E-state index in [0.29, 0.717) is 12.5 Å². The van der Waals surface area contributed by atoms with Crippen molar-refractivity contribution in [2.45, 2.75) is 19.4 Å². The highest BCUT2D eigenvalue weighted by molar-refractivity contribution is 5.47. The molecule has 0 saturated carbocycles. The average molecular weight is 250 g/mol. The molecule has 1 aliphatic heterocycles. The number of nitrogens with two attached hydrogens (primary N) is 1. The number of likely N-dealkylation sites (tertiary alicyclic amines) is 1. The van der Waals surface area contributed by atoms with Crippen LogP contribution in [0, 0.1) is 5.92 Å². The van der Waals surface area contributed by atoms with E-state index >= 15 is 0 Å². The molecule has 0 bridgehead atoms. The van der Waals surface area contributed by atoms with Gasteiger partial charge in [0.2, 0.25) is 0 Å². The molecule has 1 aromatic rings. The van der Waals surface area contributed by atoms with Crippen LogP contribution < -0.4 is 10.5 Å². The van der Waals surface area contributed by atoms with Crippen LogP contribution in [0.25, 0.3) is 0 Å². The molecule has 1 saturated heterocycles. The summed E-state index contributed by atoms with van der Waals surface area (Å²) in [6.07, 6.45) is 2.08. The summed E-state index contributed by atoms with van der Waals surface area (Å²) in [7, 11) is 1.69. The molecule has 4 nitrogen and oxygen atoms in total. The molecule has 1 atom stereocenters. The number of aliphatic hydroxyl groups excluding tert-OH is 1. The standard InChI is InChI=1S/C14H22N2O2/c1-18-14-3-2-13(15)8-12(14)10-16-6-4-11(9-16)5-7-17/h2-3,8,11,17H,4-7,9-10,15H2,1H3. The van der Waals surface area contributed by atoms with E-state index in [0.717, 1.165) is 43.1 Å². The number of benzene rings is 1. The smallest absolute Gasteiger partial charge is 0.123 e. The molecule has 1 aromatic carbocycles. The minimum absolute atomic E-state index is 0.292. The molecule has 3 N–H and O–H groups in total. The van der Waals surface area contributed by atoms with E-state index in [2.05, 4.69) is 4.90 Å². The van der Waals surface area contributed by atoms with Gasteiger partial charge in [-0.25, -0.2) is 0 Å². The Morgan fingerprint density at radius 3 is 3.06 bits per heavy atom. The highest BCUT2D eigenvalue weighted by Gasteiger charge is 2.22. The maximum atomic E-state index is 8.97. The van der Waals surface area contributed by atoms with Gasteiger partial charge in [0.05, 0.1) is 7.11 Å². The second-order valence-corrected chi connectivity index (χ2v) is 4.97. The number of anilines is 1. The average Bonchev–Trinajstić information content (AvgIpc) is 2.77. The third kappa shape index (κ3) is 3.15. The summed E-state index contributed by atoms with van der Waals surface area (Å²) in [5.74, 6) is 1.52. The molecule has 0 spiro atoms. The van der Waals surface area contributed by atoms with Gasteiger partial charge in [-0.2, -0.15) is 0 Å². The molecule has 4 heteroatoms. The van der Waals surface area contributed by atoms with Crippen LogP contribution in [0.1, 0.15) is 18.4 Å². The first-order valence-electron chi connectivity index (χ1n) is 6.48. The van der Waals surface area contributed by atoms with Crippen molar-refractivity contribution in [1.82, 2.24) is 4.90 Å². The van der Waals surface area contributed by atoms with Crippen molar-refractivity contribution in [1.29, 1.82) is 0 Å². The quantitative estimate of drug-likeness (QED) is 0.777. The van der Waals surface area contributed by atoms with Crippen molar-refractivity contribution >= 4 is 5.69 Å². The number of methoxy groups -OCH3 is 1. The van der Waals surface area contributed by atoms with Crippen LogP contribution in [0.4, 0.5) is 5.69 Å². The fraction of sp³-hybridized carbons (Fsp3) is 0.571. The summed E-state index contributed by atoms with van der Waals surface area (Å²) in [6, 6.07) is 5.77. The van der Waals surface area contributed by atoms with Crippen LogP contribution in [0.5, 0.6) is 5.75 Å². The number of aliphatic hydroxyl groups is 1. The van der Waals surface area contributed by atoms with Gasteiger partial charge < -0.3 is 15.6 Å². The molecular formula is C14H22N2O2. The molecule has 0 radical (unpaired) electrons. The largest absolute Gasteiger partial charge is 0.496 e. The Morgan fingerprint density at radius 2 is 2.33 bits per heavy atom. The van der Waals surface area contributed by atoms with Gasteiger partial charge in [-0.15, -0.1) is 0 Å². The van der Waals surface area contributed by atoms with Gasteiger partial charge in [-0.1, -0.05) is 0 Å². The topological polar surface area (TPSA) is 58.7 Å². The van der Waals surface area contributed by atoms with Gasteiger partial charge >= 0.3 is 0 Å². The number of rotatable bonds is 5. The van der Waals surface area contributed by atoms with Crippen LogP contribution in [-0.4, -0.2) is 36.8 Å². The van der Waals surface area contributed by atoms with Crippen molar-refractivity contribution in [2.75, 3.05) is 32.5 Å². The Kier molecular flexibility index (Phi) is 4.44. The fourth-order valence-electron chi connectivity index (χ4n) is 2.64. The lowest BCUT2D eigenvalue weighted by molar-refractivity contribution is 0.248. The molecule has 0 amide bonds.